The molecule has 3 aromatic rings. The van der Waals surface area contributed by atoms with E-state index in [2.05, 4.69) is 41.7 Å². The van der Waals surface area contributed by atoms with Crippen molar-refractivity contribution in [1.82, 2.24) is 0 Å². The van der Waals surface area contributed by atoms with Crippen LogP contribution in [0.3, 0.4) is 0 Å². The van der Waals surface area contributed by atoms with Gasteiger partial charge < -0.3 is 5.32 Å². The first-order valence-electron chi connectivity index (χ1n) is 6.68. The number of rotatable bonds is 3. The number of benzene rings is 3. The summed E-state index contributed by atoms with van der Waals surface area (Å²) in [5.41, 5.74) is 2.63. The highest BCUT2D eigenvalue weighted by Gasteiger charge is 2.03. The van der Waals surface area contributed by atoms with Gasteiger partial charge in [-0.15, -0.1) is 0 Å². The maximum atomic E-state index is 8.88. The molecule has 3 heteroatoms. The lowest BCUT2D eigenvalue weighted by molar-refractivity contribution is 1.17. The number of hydrogen-bond donors (Lipinski definition) is 1. The van der Waals surface area contributed by atoms with Gasteiger partial charge in [0.2, 0.25) is 0 Å². The van der Waals surface area contributed by atoms with Gasteiger partial charge in [-0.25, -0.2) is 0 Å². The van der Waals surface area contributed by atoms with Gasteiger partial charge in [-0.05, 0) is 34.5 Å². The van der Waals surface area contributed by atoms with E-state index in [1.165, 1.54) is 16.3 Å². The zero-order valence-electron chi connectivity index (χ0n) is 11.3. The molecular formula is C18H13ClN2. The molecule has 0 bridgehead atoms. The minimum Gasteiger partial charge on any atom is -0.381 e. The third-order valence-electron chi connectivity index (χ3n) is 3.45. The van der Waals surface area contributed by atoms with Gasteiger partial charge in [-0.3, -0.25) is 0 Å². The molecule has 0 atom stereocenters. The van der Waals surface area contributed by atoms with Crippen molar-refractivity contribution in [1.29, 1.82) is 5.26 Å². The minimum absolute atomic E-state index is 0.473. The van der Waals surface area contributed by atoms with Crippen molar-refractivity contribution in [2.45, 2.75) is 6.54 Å². The molecule has 102 valence electrons. The lowest BCUT2D eigenvalue weighted by Gasteiger charge is -2.10. The first kappa shape index (κ1) is 13.5. The van der Waals surface area contributed by atoms with Crippen LogP contribution < -0.4 is 5.32 Å². The van der Waals surface area contributed by atoms with Gasteiger partial charge in [0.1, 0.15) is 6.07 Å². The molecule has 0 aliphatic rings. The van der Waals surface area contributed by atoms with E-state index in [0.29, 0.717) is 17.1 Å². The standard InChI is InChI=1S/C18H13ClN2/c19-18-10-16(9-8-14(18)11-20)21-12-15-6-3-5-13-4-1-2-7-17(13)15/h1-10,21H,12H2. The smallest absolute Gasteiger partial charge is 0.101 e. The summed E-state index contributed by atoms with van der Waals surface area (Å²) in [5, 5.41) is 15.2. The molecule has 0 fully saturated rings. The fraction of sp³-hybridized carbons (Fsp3) is 0.0556. The molecule has 0 unspecified atom stereocenters. The van der Waals surface area contributed by atoms with Crippen LogP contribution in [0.1, 0.15) is 11.1 Å². The van der Waals surface area contributed by atoms with E-state index >= 15 is 0 Å². The van der Waals surface area contributed by atoms with Gasteiger partial charge in [0.25, 0.3) is 0 Å². The molecule has 0 amide bonds. The van der Waals surface area contributed by atoms with Crippen LogP contribution in [0.25, 0.3) is 10.8 Å². The minimum atomic E-state index is 0.473. The fourth-order valence-corrected chi connectivity index (χ4v) is 2.58. The Balaban J connectivity index is 1.84. The molecule has 0 aromatic heterocycles. The van der Waals surface area contributed by atoms with Crippen LogP contribution in [0.2, 0.25) is 5.02 Å². The van der Waals surface area contributed by atoms with Gasteiger partial charge in [0.15, 0.2) is 0 Å². The third kappa shape index (κ3) is 2.84. The fourth-order valence-electron chi connectivity index (χ4n) is 2.36. The molecule has 0 heterocycles. The lowest BCUT2D eigenvalue weighted by Crippen LogP contribution is -2.00. The van der Waals surface area contributed by atoms with E-state index in [1.807, 2.05) is 18.2 Å². The maximum Gasteiger partial charge on any atom is 0.101 e. The molecule has 3 aromatic carbocycles. The molecule has 21 heavy (non-hydrogen) atoms. The van der Waals surface area contributed by atoms with Crippen LogP contribution in [0.4, 0.5) is 5.69 Å². The Morgan fingerprint density at radius 2 is 1.81 bits per heavy atom. The van der Waals surface area contributed by atoms with Crippen molar-refractivity contribution < 1.29 is 0 Å². The van der Waals surface area contributed by atoms with Crippen LogP contribution in [0, 0.1) is 11.3 Å². The van der Waals surface area contributed by atoms with Gasteiger partial charge in [0.05, 0.1) is 10.6 Å². The summed E-state index contributed by atoms with van der Waals surface area (Å²) in [4.78, 5) is 0. The number of anilines is 1. The zero-order valence-corrected chi connectivity index (χ0v) is 12.1. The Morgan fingerprint density at radius 1 is 1.00 bits per heavy atom. The average Bonchev–Trinajstić information content (AvgIpc) is 2.53. The molecule has 0 spiro atoms. The first-order chi connectivity index (χ1) is 10.3. The van der Waals surface area contributed by atoms with E-state index in [9.17, 15) is 0 Å². The summed E-state index contributed by atoms with van der Waals surface area (Å²) >= 11 is 6.04. The van der Waals surface area contributed by atoms with Gasteiger partial charge in [-0.2, -0.15) is 5.26 Å². The highest BCUT2D eigenvalue weighted by Crippen LogP contribution is 2.22. The summed E-state index contributed by atoms with van der Waals surface area (Å²) in [6, 6.07) is 22.0. The summed E-state index contributed by atoms with van der Waals surface area (Å²) in [7, 11) is 0. The zero-order chi connectivity index (χ0) is 14.7. The highest BCUT2D eigenvalue weighted by atomic mass is 35.5. The predicted molar refractivity (Wildman–Crippen MR) is 87.4 cm³/mol. The normalized spacial score (nSPS) is 10.3. The van der Waals surface area contributed by atoms with Gasteiger partial charge in [0, 0.05) is 12.2 Å². The number of fused-ring (bicyclic) bond motifs is 1. The van der Waals surface area contributed by atoms with Gasteiger partial charge >= 0.3 is 0 Å². The summed E-state index contributed by atoms with van der Waals surface area (Å²) < 4.78 is 0. The van der Waals surface area contributed by atoms with Crippen molar-refractivity contribution in [3.05, 3.63) is 76.8 Å². The number of nitrogens with zero attached hydrogens (tertiary/aromatic N) is 1. The van der Waals surface area contributed by atoms with E-state index in [-0.39, 0.29) is 0 Å². The van der Waals surface area contributed by atoms with Crippen LogP contribution in [-0.4, -0.2) is 0 Å². The first-order valence-corrected chi connectivity index (χ1v) is 7.06. The molecule has 0 radical (unpaired) electrons. The van der Waals surface area contributed by atoms with Gasteiger partial charge in [-0.1, -0.05) is 54.1 Å². The molecule has 0 aliphatic heterocycles. The molecule has 2 nitrogen and oxygen atoms in total. The highest BCUT2D eigenvalue weighted by molar-refractivity contribution is 6.32. The topological polar surface area (TPSA) is 35.8 Å². The van der Waals surface area contributed by atoms with E-state index in [1.54, 1.807) is 12.1 Å². The number of nitrogens with one attached hydrogen (secondary N) is 1. The SMILES string of the molecule is N#Cc1ccc(NCc2cccc3ccccc23)cc1Cl. The largest absolute Gasteiger partial charge is 0.381 e. The van der Waals surface area contributed by atoms with Crippen molar-refractivity contribution in [3.8, 4) is 6.07 Å². The predicted octanol–water partition coefficient (Wildman–Crippen LogP) is 4.98. The summed E-state index contributed by atoms with van der Waals surface area (Å²) in [6.45, 7) is 0.712. The summed E-state index contributed by atoms with van der Waals surface area (Å²) in [5.74, 6) is 0. The second-order valence-corrected chi connectivity index (χ2v) is 5.21. The monoisotopic (exact) mass is 292 g/mol. The lowest BCUT2D eigenvalue weighted by atomic mass is 10.0. The van der Waals surface area contributed by atoms with Crippen molar-refractivity contribution in [2.24, 2.45) is 0 Å². The van der Waals surface area contributed by atoms with Crippen LogP contribution >= 0.6 is 11.6 Å². The number of halogens is 1. The molecule has 0 saturated heterocycles. The van der Waals surface area contributed by atoms with Crippen LogP contribution in [0.5, 0.6) is 0 Å². The molecule has 1 N–H and O–H groups in total. The Labute approximate surface area is 128 Å². The van der Waals surface area contributed by atoms with E-state index in [4.69, 9.17) is 16.9 Å². The second kappa shape index (κ2) is 5.87. The van der Waals surface area contributed by atoms with Crippen LogP contribution in [-0.2, 0) is 6.54 Å². The molecule has 0 aliphatic carbocycles. The van der Waals surface area contributed by atoms with E-state index in [0.717, 1.165) is 5.69 Å². The van der Waals surface area contributed by atoms with Crippen molar-refractivity contribution >= 4 is 28.1 Å². The second-order valence-electron chi connectivity index (χ2n) is 4.80. The molecule has 0 saturated carbocycles. The summed E-state index contributed by atoms with van der Waals surface area (Å²) in [6.07, 6.45) is 0. The Hall–Kier alpha value is -2.50. The Morgan fingerprint density at radius 3 is 2.62 bits per heavy atom. The Bertz CT molecular complexity index is 829. The molecule has 3 rings (SSSR count). The molecular weight excluding hydrogens is 280 g/mol. The van der Waals surface area contributed by atoms with Crippen molar-refractivity contribution in [2.75, 3.05) is 5.32 Å². The third-order valence-corrected chi connectivity index (χ3v) is 3.77. The Kier molecular flexibility index (Phi) is 3.77. The van der Waals surface area contributed by atoms with Crippen molar-refractivity contribution in [3.63, 3.8) is 0 Å². The van der Waals surface area contributed by atoms with Crippen LogP contribution in [0.15, 0.2) is 60.7 Å². The quantitative estimate of drug-likeness (QED) is 0.739. The number of nitriles is 1. The average molecular weight is 293 g/mol. The maximum absolute atomic E-state index is 8.88. The number of hydrogen-bond acceptors (Lipinski definition) is 2. The van der Waals surface area contributed by atoms with E-state index < -0.39 is 0 Å².